The normalized spacial score (nSPS) is 15.6. The highest BCUT2D eigenvalue weighted by atomic mass is 79.9. The predicted octanol–water partition coefficient (Wildman–Crippen LogP) is 3.88. The van der Waals surface area contributed by atoms with Gasteiger partial charge in [0.2, 0.25) is 6.79 Å². The molecule has 0 spiro atoms. The molecule has 2 amide bonds. The maximum absolute atomic E-state index is 12.2. The summed E-state index contributed by atoms with van der Waals surface area (Å²) in [6.07, 6.45) is 4.72. The van der Waals surface area contributed by atoms with E-state index in [0.29, 0.717) is 46.5 Å². The topological polar surface area (TPSA) is 129 Å². The second kappa shape index (κ2) is 9.49. The zero-order valence-electron chi connectivity index (χ0n) is 18.9. The van der Waals surface area contributed by atoms with Crippen molar-refractivity contribution in [3.05, 3.63) is 22.9 Å². The van der Waals surface area contributed by atoms with Crippen LogP contribution in [0.15, 0.2) is 33.0 Å². The molecule has 1 aromatic carbocycles. The van der Waals surface area contributed by atoms with E-state index in [-0.39, 0.29) is 24.9 Å². The minimum atomic E-state index is -0.126. The average molecular weight is 548 g/mol. The fourth-order valence-electron chi connectivity index (χ4n) is 3.89. The number of rotatable bonds is 8. The van der Waals surface area contributed by atoms with Gasteiger partial charge >= 0.3 is 6.03 Å². The summed E-state index contributed by atoms with van der Waals surface area (Å²) >= 11 is 4.99. The first kappa shape index (κ1) is 23.0. The largest absolute Gasteiger partial charge is 0.454 e. The standard InChI is InChI=1S/C22H26BrN7O3S/c1-11(2)26-21(31)27-14(12-3-4-12)5-6-30-9-25-19(24)18-20(30)29-22(28-18)34-17-8-16-15(7-13(17)23)32-10-33-16/h7-9,11-12,14H,3-6,10,24H2,1-2H3,(H2,26,27,31). The number of benzene rings is 1. The van der Waals surface area contributed by atoms with E-state index in [1.165, 1.54) is 11.8 Å². The van der Waals surface area contributed by atoms with Gasteiger partial charge in [-0.3, -0.25) is 0 Å². The third-order valence-corrected chi connectivity index (χ3v) is 7.55. The molecule has 4 N–H and O–H groups in total. The zero-order valence-corrected chi connectivity index (χ0v) is 21.3. The molecule has 4 aliphatic rings. The van der Waals surface area contributed by atoms with E-state index in [0.717, 1.165) is 28.6 Å². The number of carbonyl (C=O) groups excluding carboxylic acids is 1. The molecule has 3 aliphatic heterocycles. The molecule has 180 valence electrons. The van der Waals surface area contributed by atoms with Crippen LogP contribution >= 0.6 is 27.7 Å². The number of nitrogen functional groups attached to an aromatic ring is 1. The lowest BCUT2D eigenvalue weighted by Crippen LogP contribution is -2.45. The Morgan fingerprint density at radius 3 is 2.76 bits per heavy atom. The van der Waals surface area contributed by atoms with E-state index in [2.05, 4.69) is 36.5 Å². The number of anilines is 1. The van der Waals surface area contributed by atoms with Crippen LogP contribution in [0.3, 0.4) is 0 Å². The average Bonchev–Trinajstić information content (AvgIpc) is 3.38. The monoisotopic (exact) mass is 547 g/mol. The summed E-state index contributed by atoms with van der Waals surface area (Å²) in [6.45, 7) is 4.75. The van der Waals surface area contributed by atoms with Crippen LogP contribution in [0.4, 0.5) is 10.6 Å². The van der Waals surface area contributed by atoms with Crippen molar-refractivity contribution < 1.29 is 14.3 Å². The Morgan fingerprint density at radius 2 is 2.03 bits per heavy atom. The number of amides is 2. The highest BCUT2D eigenvalue weighted by Crippen LogP contribution is 2.43. The number of nitrogens with two attached hydrogens (primary N) is 1. The number of imidazole rings is 1. The Labute approximate surface area is 209 Å². The molecule has 10 nitrogen and oxygen atoms in total. The zero-order chi connectivity index (χ0) is 23.8. The van der Waals surface area contributed by atoms with Crippen LogP contribution in [-0.2, 0) is 6.54 Å². The molecule has 1 saturated carbocycles. The van der Waals surface area contributed by atoms with Crippen molar-refractivity contribution in [3.63, 3.8) is 0 Å². The molecule has 0 aromatic heterocycles. The summed E-state index contributed by atoms with van der Waals surface area (Å²) in [5.74, 6) is 2.92. The van der Waals surface area contributed by atoms with Crippen molar-refractivity contribution in [2.24, 2.45) is 5.92 Å². The molecule has 1 fully saturated rings. The third kappa shape index (κ3) is 5.02. The molecule has 3 heterocycles. The molecule has 0 radical (unpaired) electrons. The number of ether oxygens (including phenoxy) is 2. The Bertz CT molecular complexity index is 1180. The molecule has 1 aliphatic carbocycles. The second-order valence-electron chi connectivity index (χ2n) is 8.74. The van der Waals surface area contributed by atoms with Crippen LogP contribution in [-0.4, -0.2) is 44.4 Å². The predicted molar refractivity (Wildman–Crippen MR) is 131 cm³/mol. The minimum absolute atomic E-state index is 0.0930. The Balaban J connectivity index is 1.33. The fourth-order valence-corrected chi connectivity index (χ4v) is 5.25. The van der Waals surface area contributed by atoms with Gasteiger partial charge in [-0.25, -0.2) is 19.7 Å². The summed E-state index contributed by atoms with van der Waals surface area (Å²) in [5, 5.41) is 6.60. The van der Waals surface area contributed by atoms with Gasteiger partial charge in [0, 0.05) is 28.0 Å². The van der Waals surface area contributed by atoms with Crippen molar-refractivity contribution in [1.29, 1.82) is 0 Å². The van der Waals surface area contributed by atoms with Crippen LogP contribution in [0.1, 0.15) is 33.1 Å². The molecule has 12 heteroatoms. The molecule has 0 saturated heterocycles. The molecular weight excluding hydrogens is 522 g/mol. The summed E-state index contributed by atoms with van der Waals surface area (Å²) in [4.78, 5) is 26.8. The Kier molecular flexibility index (Phi) is 6.43. The number of nitrogens with one attached hydrogen (secondary N) is 2. The van der Waals surface area contributed by atoms with E-state index in [4.69, 9.17) is 20.2 Å². The molecular formula is C22H26BrN7O3S. The van der Waals surface area contributed by atoms with Crippen LogP contribution in [0.2, 0.25) is 0 Å². The van der Waals surface area contributed by atoms with Crippen LogP contribution in [0, 0.1) is 5.92 Å². The quantitative estimate of drug-likeness (QED) is 0.387. The number of aromatic nitrogens is 4. The van der Waals surface area contributed by atoms with Crippen molar-refractivity contribution in [2.45, 2.75) is 61.8 Å². The smallest absolute Gasteiger partial charge is 0.315 e. The van der Waals surface area contributed by atoms with Gasteiger partial charge < -0.3 is 30.4 Å². The molecule has 5 rings (SSSR count). The molecule has 1 atom stereocenters. The summed E-state index contributed by atoms with van der Waals surface area (Å²) in [5.41, 5.74) is 6.68. The maximum Gasteiger partial charge on any atom is 0.315 e. The third-order valence-electron chi connectivity index (χ3n) is 5.71. The van der Waals surface area contributed by atoms with Gasteiger partial charge in [-0.1, -0.05) is 0 Å². The Morgan fingerprint density at radius 1 is 1.26 bits per heavy atom. The van der Waals surface area contributed by atoms with Gasteiger partial charge in [-0.15, -0.1) is 0 Å². The van der Waals surface area contributed by atoms with E-state index < -0.39 is 0 Å². The van der Waals surface area contributed by atoms with Gasteiger partial charge in [0.1, 0.15) is 0 Å². The SMILES string of the molecule is CC(C)NC(=O)NC(CCn1cnc(N)c2nc(Sc3cc4c(cc3Br)OCO4)nc1-2)C1CC1. The van der Waals surface area contributed by atoms with Gasteiger partial charge in [0.25, 0.3) is 0 Å². The van der Waals surface area contributed by atoms with E-state index in [1.54, 1.807) is 6.33 Å². The molecule has 1 aromatic rings. The highest BCUT2D eigenvalue weighted by molar-refractivity contribution is 9.10. The van der Waals surface area contributed by atoms with Gasteiger partial charge in [-0.05, 0) is 78.9 Å². The Hall–Kier alpha value is -2.73. The van der Waals surface area contributed by atoms with E-state index in [1.807, 2.05) is 30.5 Å². The second-order valence-corrected chi connectivity index (χ2v) is 10.6. The van der Waals surface area contributed by atoms with Crippen molar-refractivity contribution in [1.82, 2.24) is 30.2 Å². The van der Waals surface area contributed by atoms with Crippen molar-refractivity contribution in [3.8, 4) is 23.0 Å². The number of fused-ring (bicyclic) bond motifs is 2. The summed E-state index contributed by atoms with van der Waals surface area (Å²) < 4.78 is 13.7. The number of aryl methyl sites for hydroxylation is 1. The van der Waals surface area contributed by atoms with Crippen molar-refractivity contribution >= 4 is 39.5 Å². The minimum Gasteiger partial charge on any atom is -0.454 e. The van der Waals surface area contributed by atoms with Crippen LogP contribution in [0.5, 0.6) is 11.5 Å². The fraction of sp³-hybridized carbons (Fsp3) is 0.455. The van der Waals surface area contributed by atoms with Crippen LogP contribution in [0.25, 0.3) is 11.5 Å². The first-order valence-electron chi connectivity index (χ1n) is 11.2. The van der Waals surface area contributed by atoms with Crippen molar-refractivity contribution in [2.75, 3.05) is 12.5 Å². The van der Waals surface area contributed by atoms with Gasteiger partial charge in [0.15, 0.2) is 34.0 Å². The lowest BCUT2D eigenvalue weighted by Gasteiger charge is -2.21. The van der Waals surface area contributed by atoms with Gasteiger partial charge in [-0.2, -0.15) is 0 Å². The lowest BCUT2D eigenvalue weighted by atomic mass is 10.1. The number of halogens is 1. The number of hydrogen-bond donors (Lipinski definition) is 3. The number of carbonyl (C=O) groups is 1. The van der Waals surface area contributed by atoms with Crippen LogP contribution < -0.4 is 25.8 Å². The molecule has 0 bridgehead atoms. The van der Waals surface area contributed by atoms with E-state index in [9.17, 15) is 4.79 Å². The summed E-state index contributed by atoms with van der Waals surface area (Å²) in [6, 6.07) is 3.85. The van der Waals surface area contributed by atoms with E-state index >= 15 is 0 Å². The summed E-state index contributed by atoms with van der Waals surface area (Å²) in [7, 11) is 0. The molecule has 34 heavy (non-hydrogen) atoms. The number of urea groups is 1. The van der Waals surface area contributed by atoms with Gasteiger partial charge in [0.05, 0.1) is 6.33 Å². The highest BCUT2D eigenvalue weighted by Gasteiger charge is 2.32. The lowest BCUT2D eigenvalue weighted by molar-refractivity contribution is 0.174. The first-order chi connectivity index (χ1) is 16.4. The first-order valence-corrected chi connectivity index (χ1v) is 12.8. The molecule has 1 unspecified atom stereocenters. The maximum atomic E-state index is 12.2. The number of nitrogens with zero attached hydrogens (tertiary/aromatic N) is 4. The number of hydrogen-bond acceptors (Lipinski definition) is 8.